The zero-order valence-electron chi connectivity index (χ0n) is 27.0. The summed E-state index contributed by atoms with van der Waals surface area (Å²) in [6.45, 7) is 6.00. The van der Waals surface area contributed by atoms with Gasteiger partial charge in [-0.2, -0.15) is 0 Å². The van der Waals surface area contributed by atoms with Crippen LogP contribution < -0.4 is 10.5 Å². The first-order valence-corrected chi connectivity index (χ1v) is 17.3. The van der Waals surface area contributed by atoms with Crippen LogP contribution in [0.3, 0.4) is 0 Å². The lowest BCUT2D eigenvalue weighted by Gasteiger charge is -2.36. The van der Waals surface area contributed by atoms with Crippen LogP contribution in [-0.4, -0.2) is 65.5 Å². The smallest absolute Gasteiger partial charge is 0.338 e. The van der Waals surface area contributed by atoms with E-state index in [9.17, 15) is 9.59 Å². The molecule has 2 saturated heterocycles. The van der Waals surface area contributed by atoms with E-state index < -0.39 is 12.1 Å². The van der Waals surface area contributed by atoms with Crippen molar-refractivity contribution in [3.63, 3.8) is 0 Å². The van der Waals surface area contributed by atoms with E-state index in [0.717, 1.165) is 48.2 Å². The molecule has 1 unspecified atom stereocenters. The molecular weight excluding hydrogens is 647 g/mol. The predicted molar refractivity (Wildman–Crippen MR) is 190 cm³/mol. The molecule has 3 heterocycles. The van der Waals surface area contributed by atoms with Crippen molar-refractivity contribution >= 4 is 40.9 Å². The van der Waals surface area contributed by atoms with Crippen LogP contribution in [0.25, 0.3) is 11.1 Å². The van der Waals surface area contributed by atoms with E-state index >= 15 is 0 Å². The van der Waals surface area contributed by atoms with Gasteiger partial charge < -0.3 is 25.0 Å². The SMILES string of the molecule is CC(Oc1cc(-c2ccc(C(=O)N3CCC(N4CCCC4)CC3)cc2)cnc1N)c1cccc(C(=O)OCCc2c(Cl)cccc2Cl)c1. The van der Waals surface area contributed by atoms with E-state index in [4.69, 9.17) is 38.4 Å². The van der Waals surface area contributed by atoms with Gasteiger partial charge in [0.1, 0.15) is 6.10 Å². The first-order chi connectivity index (χ1) is 23.3. The van der Waals surface area contributed by atoms with Gasteiger partial charge in [0.2, 0.25) is 0 Å². The lowest BCUT2D eigenvalue weighted by Crippen LogP contribution is -2.45. The third-order valence-electron chi connectivity index (χ3n) is 9.30. The third kappa shape index (κ3) is 7.95. The average molecular weight is 688 g/mol. The molecule has 2 aliphatic rings. The minimum atomic E-state index is -0.455. The number of ether oxygens (including phenoxy) is 2. The normalized spacial score (nSPS) is 16.1. The number of nitrogens with zero attached hydrogens (tertiary/aromatic N) is 3. The van der Waals surface area contributed by atoms with Crippen LogP contribution >= 0.6 is 23.2 Å². The van der Waals surface area contributed by atoms with Gasteiger partial charge in [-0.15, -0.1) is 0 Å². The summed E-state index contributed by atoms with van der Waals surface area (Å²) < 4.78 is 11.8. The summed E-state index contributed by atoms with van der Waals surface area (Å²) in [6.07, 6.45) is 6.32. The Labute approximate surface area is 291 Å². The monoisotopic (exact) mass is 686 g/mol. The summed E-state index contributed by atoms with van der Waals surface area (Å²) in [7, 11) is 0. The van der Waals surface area contributed by atoms with Gasteiger partial charge in [0.05, 0.1) is 12.2 Å². The molecule has 0 radical (unpaired) electrons. The number of carbonyl (C=O) groups is 2. The minimum Gasteiger partial charge on any atom is -0.482 e. The number of likely N-dealkylation sites (tertiary alicyclic amines) is 2. The van der Waals surface area contributed by atoms with Gasteiger partial charge in [-0.1, -0.05) is 53.5 Å². The predicted octanol–water partition coefficient (Wildman–Crippen LogP) is 7.88. The van der Waals surface area contributed by atoms with Crippen molar-refractivity contribution in [3.8, 4) is 16.9 Å². The largest absolute Gasteiger partial charge is 0.482 e. The Balaban J connectivity index is 1.06. The fraction of sp³-hybridized carbons (Fsp3) is 0.342. The second-order valence-corrected chi connectivity index (χ2v) is 13.2. The van der Waals surface area contributed by atoms with Crippen LogP contribution in [0, 0.1) is 0 Å². The number of nitrogens with two attached hydrogens (primary N) is 1. The molecule has 250 valence electrons. The maximum absolute atomic E-state index is 13.3. The fourth-order valence-corrected chi connectivity index (χ4v) is 7.10. The Kier molecular flexibility index (Phi) is 10.8. The Hall–Kier alpha value is -4.11. The molecule has 2 aliphatic heterocycles. The van der Waals surface area contributed by atoms with Gasteiger partial charge >= 0.3 is 5.97 Å². The van der Waals surface area contributed by atoms with Crippen molar-refractivity contribution in [2.75, 3.05) is 38.5 Å². The molecule has 2 N–H and O–H groups in total. The van der Waals surface area contributed by atoms with Gasteiger partial charge in [0.25, 0.3) is 5.91 Å². The van der Waals surface area contributed by atoms with E-state index in [1.54, 1.807) is 42.6 Å². The van der Waals surface area contributed by atoms with E-state index in [1.807, 2.05) is 48.2 Å². The number of nitrogen functional groups attached to an aromatic ring is 1. The maximum atomic E-state index is 13.3. The van der Waals surface area contributed by atoms with E-state index in [0.29, 0.717) is 39.4 Å². The molecule has 4 aromatic rings. The van der Waals surface area contributed by atoms with Crippen molar-refractivity contribution in [3.05, 3.63) is 111 Å². The van der Waals surface area contributed by atoms with Gasteiger partial charge in [-0.25, -0.2) is 9.78 Å². The first kappa shape index (κ1) is 33.8. The topological polar surface area (TPSA) is 98.0 Å². The summed E-state index contributed by atoms with van der Waals surface area (Å²) >= 11 is 12.5. The van der Waals surface area contributed by atoms with Crippen molar-refractivity contribution in [1.29, 1.82) is 0 Å². The summed E-state index contributed by atoms with van der Waals surface area (Å²) in [5, 5.41) is 1.07. The third-order valence-corrected chi connectivity index (χ3v) is 10.0. The molecule has 8 nitrogen and oxygen atoms in total. The van der Waals surface area contributed by atoms with Gasteiger partial charge in [0.15, 0.2) is 11.6 Å². The second kappa shape index (κ2) is 15.4. The van der Waals surface area contributed by atoms with Crippen molar-refractivity contribution in [2.45, 2.75) is 51.2 Å². The highest BCUT2D eigenvalue weighted by Crippen LogP contribution is 2.32. The highest BCUT2D eigenvalue weighted by molar-refractivity contribution is 6.36. The number of amides is 1. The minimum absolute atomic E-state index is 0.0748. The van der Waals surface area contributed by atoms with Crippen LogP contribution in [-0.2, 0) is 11.2 Å². The van der Waals surface area contributed by atoms with Crippen LogP contribution in [0.4, 0.5) is 5.82 Å². The lowest BCUT2D eigenvalue weighted by atomic mass is 10.0. The molecule has 10 heteroatoms. The van der Waals surface area contributed by atoms with Crippen LogP contribution in [0.5, 0.6) is 5.75 Å². The number of esters is 1. The fourth-order valence-electron chi connectivity index (χ4n) is 6.51. The molecule has 6 rings (SSSR count). The Bertz CT molecular complexity index is 1730. The van der Waals surface area contributed by atoms with Gasteiger partial charge in [-0.3, -0.25) is 4.79 Å². The highest BCUT2D eigenvalue weighted by atomic mass is 35.5. The first-order valence-electron chi connectivity index (χ1n) is 16.5. The average Bonchev–Trinajstić information content (AvgIpc) is 3.66. The number of anilines is 1. The van der Waals surface area contributed by atoms with Crippen molar-refractivity contribution in [2.24, 2.45) is 0 Å². The second-order valence-electron chi connectivity index (χ2n) is 12.4. The lowest BCUT2D eigenvalue weighted by molar-refractivity contribution is 0.0508. The molecule has 0 saturated carbocycles. The van der Waals surface area contributed by atoms with E-state index in [2.05, 4.69) is 9.88 Å². The Morgan fingerprint density at radius 3 is 2.29 bits per heavy atom. The molecule has 0 bridgehead atoms. The quantitative estimate of drug-likeness (QED) is 0.170. The summed E-state index contributed by atoms with van der Waals surface area (Å²) in [5.74, 6) is 0.295. The van der Waals surface area contributed by atoms with Crippen molar-refractivity contribution < 1.29 is 19.1 Å². The molecule has 2 fully saturated rings. The van der Waals surface area contributed by atoms with Gasteiger partial charge in [0, 0.05) is 52.9 Å². The molecule has 1 aromatic heterocycles. The van der Waals surface area contributed by atoms with Crippen LogP contribution in [0.1, 0.15) is 70.6 Å². The van der Waals surface area contributed by atoms with Crippen molar-refractivity contribution in [1.82, 2.24) is 14.8 Å². The summed E-state index contributed by atoms with van der Waals surface area (Å²) in [5.41, 5.74) is 10.5. The molecule has 1 amide bonds. The summed E-state index contributed by atoms with van der Waals surface area (Å²) in [6, 6.07) is 22.4. The zero-order valence-corrected chi connectivity index (χ0v) is 28.6. The summed E-state index contributed by atoms with van der Waals surface area (Å²) in [4.78, 5) is 35.0. The van der Waals surface area contributed by atoms with Crippen LogP contribution in [0.2, 0.25) is 10.0 Å². The standard InChI is InChI=1S/C38H40Cl2N4O4/c1-25(28-6-4-7-29(22-28)38(46)47-21-16-32-33(39)8-5-9-34(32)40)48-35-23-30(24-42-36(35)41)26-10-12-27(13-11-26)37(45)44-19-14-31(15-20-44)43-17-2-3-18-43/h4-13,22-25,31H,2-3,14-21H2,1H3,(H2,41,42). The number of aromatic nitrogens is 1. The number of pyridine rings is 1. The number of carbonyl (C=O) groups excluding carboxylic acids is 2. The molecule has 48 heavy (non-hydrogen) atoms. The molecule has 0 spiro atoms. The molecular formula is C38H40Cl2N4O4. The molecule has 1 atom stereocenters. The molecule has 3 aromatic carbocycles. The number of rotatable bonds is 10. The van der Waals surface area contributed by atoms with Gasteiger partial charge in [-0.05, 0) is 105 Å². The molecule has 0 aliphatic carbocycles. The number of halogens is 2. The van der Waals surface area contributed by atoms with E-state index in [-0.39, 0.29) is 18.3 Å². The number of benzene rings is 3. The number of hydrogen-bond acceptors (Lipinski definition) is 7. The Morgan fingerprint density at radius 1 is 0.896 bits per heavy atom. The Morgan fingerprint density at radius 2 is 1.58 bits per heavy atom. The van der Waals surface area contributed by atoms with Crippen LogP contribution in [0.15, 0.2) is 79.0 Å². The van der Waals surface area contributed by atoms with E-state index in [1.165, 1.54) is 25.9 Å². The zero-order chi connectivity index (χ0) is 33.6. The number of piperidine rings is 1. The maximum Gasteiger partial charge on any atom is 0.338 e. The number of hydrogen-bond donors (Lipinski definition) is 1. The highest BCUT2D eigenvalue weighted by Gasteiger charge is 2.28.